The quantitative estimate of drug-likeness (QED) is 0.896. The zero-order valence-electron chi connectivity index (χ0n) is 15.1. The van der Waals surface area contributed by atoms with Crippen LogP contribution in [0.4, 0.5) is 5.69 Å². The molecule has 0 saturated carbocycles. The van der Waals surface area contributed by atoms with Crippen molar-refractivity contribution in [3.8, 4) is 11.5 Å². The lowest BCUT2D eigenvalue weighted by molar-refractivity contribution is -0.127. The minimum atomic E-state index is -0.466. The number of likely N-dealkylation sites (tertiary alicyclic amines) is 1. The van der Waals surface area contributed by atoms with E-state index in [4.69, 9.17) is 9.47 Å². The Bertz CT molecular complexity index is 784. The fourth-order valence-electron chi connectivity index (χ4n) is 3.33. The second kappa shape index (κ2) is 7.47. The number of nitrogens with zero attached hydrogens (tertiary/aromatic N) is 1. The second-order valence-corrected chi connectivity index (χ2v) is 6.26. The molecule has 0 radical (unpaired) electrons. The van der Waals surface area contributed by atoms with Gasteiger partial charge in [-0.3, -0.25) is 9.59 Å². The Morgan fingerprint density at radius 1 is 1.08 bits per heavy atom. The highest BCUT2D eigenvalue weighted by molar-refractivity contribution is 5.98. The highest BCUT2D eigenvalue weighted by Gasteiger charge is 2.42. The maximum Gasteiger partial charge on any atom is 0.230 e. The summed E-state index contributed by atoms with van der Waals surface area (Å²) in [5.41, 5.74) is 1.52. The monoisotopic (exact) mass is 354 g/mol. The molecule has 136 valence electrons. The Hall–Kier alpha value is -3.02. The van der Waals surface area contributed by atoms with Crippen molar-refractivity contribution in [1.82, 2.24) is 4.90 Å². The summed E-state index contributed by atoms with van der Waals surface area (Å²) in [6.45, 7) is 0. The van der Waals surface area contributed by atoms with Gasteiger partial charge in [-0.25, -0.2) is 0 Å². The summed E-state index contributed by atoms with van der Waals surface area (Å²) in [4.78, 5) is 26.8. The normalized spacial score (nSPS) is 19.3. The van der Waals surface area contributed by atoms with Crippen molar-refractivity contribution in [2.45, 2.75) is 12.5 Å². The molecule has 2 aromatic rings. The molecule has 6 nitrogen and oxygen atoms in total. The molecule has 2 amide bonds. The Labute approximate surface area is 152 Å². The number of hydrogen-bond acceptors (Lipinski definition) is 4. The van der Waals surface area contributed by atoms with E-state index in [0.29, 0.717) is 17.2 Å². The average molecular weight is 354 g/mol. The van der Waals surface area contributed by atoms with Gasteiger partial charge in [0.05, 0.1) is 26.2 Å². The predicted octanol–water partition coefficient (Wildman–Crippen LogP) is 2.86. The zero-order chi connectivity index (χ0) is 18.7. The standard InChI is InChI=1S/C20H22N2O4/c1-22-18(23)12-17(19(22)13-7-5-4-6-8-13)20(24)21-14-9-15(25-2)11-16(10-14)26-3/h4-11,17,19H,12H2,1-3H3,(H,21,24)/t17-,19+/m0/s1. The van der Waals surface area contributed by atoms with E-state index >= 15 is 0 Å². The molecule has 1 N–H and O–H groups in total. The first-order valence-corrected chi connectivity index (χ1v) is 8.38. The molecule has 2 atom stereocenters. The minimum Gasteiger partial charge on any atom is -0.497 e. The molecule has 1 aliphatic rings. The lowest BCUT2D eigenvalue weighted by Crippen LogP contribution is -2.30. The summed E-state index contributed by atoms with van der Waals surface area (Å²) in [5, 5.41) is 2.90. The van der Waals surface area contributed by atoms with E-state index < -0.39 is 5.92 Å². The van der Waals surface area contributed by atoms with Gasteiger partial charge in [-0.1, -0.05) is 30.3 Å². The van der Waals surface area contributed by atoms with E-state index in [-0.39, 0.29) is 24.3 Å². The van der Waals surface area contributed by atoms with Crippen molar-refractivity contribution < 1.29 is 19.1 Å². The highest BCUT2D eigenvalue weighted by atomic mass is 16.5. The van der Waals surface area contributed by atoms with E-state index in [1.54, 1.807) is 44.4 Å². The molecule has 0 bridgehead atoms. The molecular formula is C20H22N2O4. The van der Waals surface area contributed by atoms with Crippen LogP contribution in [-0.2, 0) is 9.59 Å². The Balaban J connectivity index is 1.85. The van der Waals surface area contributed by atoms with Gasteiger partial charge in [0.1, 0.15) is 11.5 Å². The van der Waals surface area contributed by atoms with Crippen LogP contribution in [0.3, 0.4) is 0 Å². The van der Waals surface area contributed by atoms with Gasteiger partial charge in [-0.2, -0.15) is 0 Å². The average Bonchev–Trinajstić information content (AvgIpc) is 2.97. The van der Waals surface area contributed by atoms with Crippen LogP contribution in [0.15, 0.2) is 48.5 Å². The molecule has 6 heteroatoms. The molecule has 0 aromatic heterocycles. The number of carbonyl (C=O) groups is 2. The van der Waals surface area contributed by atoms with Crippen LogP contribution < -0.4 is 14.8 Å². The van der Waals surface area contributed by atoms with Crippen LogP contribution in [-0.4, -0.2) is 38.0 Å². The van der Waals surface area contributed by atoms with Crippen LogP contribution in [0.25, 0.3) is 0 Å². The van der Waals surface area contributed by atoms with Crippen LogP contribution >= 0.6 is 0 Å². The largest absolute Gasteiger partial charge is 0.497 e. The molecular weight excluding hydrogens is 332 g/mol. The molecule has 0 spiro atoms. The van der Waals surface area contributed by atoms with Gasteiger partial charge in [0.25, 0.3) is 0 Å². The van der Waals surface area contributed by atoms with E-state index in [1.807, 2.05) is 30.3 Å². The summed E-state index contributed by atoms with van der Waals surface area (Å²) in [5.74, 6) is 0.457. The van der Waals surface area contributed by atoms with Gasteiger partial charge >= 0.3 is 0 Å². The fourth-order valence-corrected chi connectivity index (χ4v) is 3.33. The Morgan fingerprint density at radius 2 is 1.69 bits per heavy atom. The number of anilines is 1. The SMILES string of the molecule is COc1cc(NC(=O)[C@H]2CC(=O)N(C)[C@@H]2c2ccccc2)cc(OC)c1. The van der Waals surface area contributed by atoms with E-state index in [1.165, 1.54) is 0 Å². The summed E-state index contributed by atoms with van der Waals surface area (Å²) in [6.07, 6.45) is 0.184. The molecule has 2 aromatic carbocycles. The van der Waals surface area contributed by atoms with Crippen LogP contribution in [0, 0.1) is 5.92 Å². The van der Waals surface area contributed by atoms with E-state index in [9.17, 15) is 9.59 Å². The van der Waals surface area contributed by atoms with Crippen molar-refractivity contribution >= 4 is 17.5 Å². The molecule has 1 heterocycles. The van der Waals surface area contributed by atoms with Crippen molar-refractivity contribution in [3.63, 3.8) is 0 Å². The van der Waals surface area contributed by atoms with E-state index in [2.05, 4.69) is 5.32 Å². The van der Waals surface area contributed by atoms with Crippen molar-refractivity contribution in [1.29, 1.82) is 0 Å². The third kappa shape index (κ3) is 3.49. The molecule has 0 unspecified atom stereocenters. The van der Waals surface area contributed by atoms with Gasteiger partial charge in [0.15, 0.2) is 0 Å². The summed E-state index contributed by atoms with van der Waals surface area (Å²) < 4.78 is 10.5. The molecule has 1 aliphatic heterocycles. The van der Waals surface area contributed by atoms with Gasteiger partial charge in [0, 0.05) is 37.4 Å². The van der Waals surface area contributed by atoms with Gasteiger partial charge in [-0.05, 0) is 5.56 Å². The summed E-state index contributed by atoms with van der Waals surface area (Å²) >= 11 is 0. The number of hydrogen-bond donors (Lipinski definition) is 1. The molecule has 1 saturated heterocycles. The van der Waals surface area contributed by atoms with Crippen LogP contribution in [0.1, 0.15) is 18.0 Å². The maximum absolute atomic E-state index is 12.9. The molecule has 1 fully saturated rings. The minimum absolute atomic E-state index is 0.0396. The molecule has 3 rings (SSSR count). The number of ether oxygens (including phenoxy) is 2. The number of benzene rings is 2. The lowest BCUT2D eigenvalue weighted by Gasteiger charge is -2.25. The predicted molar refractivity (Wildman–Crippen MR) is 98.2 cm³/mol. The van der Waals surface area contributed by atoms with Crippen LogP contribution in [0.2, 0.25) is 0 Å². The van der Waals surface area contributed by atoms with E-state index in [0.717, 1.165) is 5.56 Å². The first-order valence-electron chi connectivity index (χ1n) is 8.38. The topological polar surface area (TPSA) is 67.9 Å². The Morgan fingerprint density at radius 3 is 2.27 bits per heavy atom. The Kier molecular flexibility index (Phi) is 5.11. The first kappa shape index (κ1) is 17.8. The summed E-state index contributed by atoms with van der Waals surface area (Å²) in [7, 11) is 4.84. The zero-order valence-corrected chi connectivity index (χ0v) is 15.1. The van der Waals surface area contributed by atoms with Crippen molar-refractivity contribution in [2.75, 3.05) is 26.6 Å². The van der Waals surface area contributed by atoms with Gasteiger partial charge in [-0.15, -0.1) is 0 Å². The fraction of sp³-hybridized carbons (Fsp3) is 0.300. The third-order valence-electron chi connectivity index (χ3n) is 4.68. The van der Waals surface area contributed by atoms with Crippen molar-refractivity contribution in [2.24, 2.45) is 5.92 Å². The maximum atomic E-state index is 12.9. The summed E-state index contributed by atoms with van der Waals surface area (Å²) in [6, 6.07) is 14.5. The molecule has 26 heavy (non-hydrogen) atoms. The number of amides is 2. The lowest BCUT2D eigenvalue weighted by atomic mass is 9.93. The van der Waals surface area contributed by atoms with Crippen LogP contribution in [0.5, 0.6) is 11.5 Å². The molecule has 0 aliphatic carbocycles. The highest BCUT2D eigenvalue weighted by Crippen LogP contribution is 2.38. The number of rotatable bonds is 5. The van der Waals surface area contributed by atoms with Crippen molar-refractivity contribution in [3.05, 3.63) is 54.1 Å². The number of carbonyl (C=O) groups excluding carboxylic acids is 2. The third-order valence-corrected chi connectivity index (χ3v) is 4.68. The van der Waals surface area contributed by atoms with Gasteiger partial charge < -0.3 is 19.7 Å². The first-order chi connectivity index (χ1) is 12.5. The smallest absolute Gasteiger partial charge is 0.230 e. The number of nitrogens with one attached hydrogen (secondary N) is 1. The second-order valence-electron chi connectivity index (χ2n) is 6.26. The number of methoxy groups -OCH3 is 2. The van der Waals surface area contributed by atoms with Gasteiger partial charge in [0.2, 0.25) is 11.8 Å².